The van der Waals surface area contributed by atoms with Gasteiger partial charge in [0.25, 0.3) is 0 Å². The van der Waals surface area contributed by atoms with Crippen LogP contribution in [0.25, 0.3) is 0 Å². The summed E-state index contributed by atoms with van der Waals surface area (Å²) in [7, 11) is 0. The smallest absolute Gasteiger partial charge is 0.00534 e. The molecule has 1 aliphatic heterocycles. The van der Waals surface area contributed by atoms with Gasteiger partial charge in [-0.05, 0) is 51.0 Å². The van der Waals surface area contributed by atoms with E-state index in [1.165, 1.54) is 38.9 Å². The highest BCUT2D eigenvalue weighted by Crippen LogP contribution is 2.53. The van der Waals surface area contributed by atoms with E-state index in [2.05, 4.69) is 37.9 Å². The molecule has 1 spiro atoms. The molecule has 0 aromatic heterocycles. The van der Waals surface area contributed by atoms with Crippen molar-refractivity contribution in [1.82, 2.24) is 10.2 Å². The quantitative estimate of drug-likeness (QED) is 0.772. The topological polar surface area (TPSA) is 15.3 Å². The van der Waals surface area contributed by atoms with E-state index in [4.69, 9.17) is 0 Å². The van der Waals surface area contributed by atoms with Gasteiger partial charge in [0, 0.05) is 25.2 Å². The van der Waals surface area contributed by atoms with Gasteiger partial charge in [-0.25, -0.2) is 0 Å². The maximum absolute atomic E-state index is 3.52. The van der Waals surface area contributed by atoms with Crippen LogP contribution >= 0.6 is 0 Å². The van der Waals surface area contributed by atoms with Crippen LogP contribution in [0.3, 0.4) is 0 Å². The molecule has 2 nitrogen and oxygen atoms in total. The molecular weight excluding hydrogens is 196 g/mol. The molecule has 94 valence electrons. The zero-order valence-corrected chi connectivity index (χ0v) is 11.4. The molecule has 0 unspecified atom stereocenters. The van der Waals surface area contributed by atoms with Crippen LogP contribution in [0.5, 0.6) is 0 Å². The SMILES string of the molecule is CC(C)NCCC1CC2(C1)CN(C(C)C)C2. The molecule has 0 atom stereocenters. The van der Waals surface area contributed by atoms with Gasteiger partial charge in [-0.15, -0.1) is 0 Å². The van der Waals surface area contributed by atoms with E-state index in [1.54, 1.807) is 0 Å². The summed E-state index contributed by atoms with van der Waals surface area (Å²) in [5.41, 5.74) is 0.757. The highest BCUT2D eigenvalue weighted by atomic mass is 15.2. The maximum atomic E-state index is 3.52. The summed E-state index contributed by atoms with van der Waals surface area (Å²) in [6, 6.07) is 1.40. The Morgan fingerprint density at radius 3 is 2.31 bits per heavy atom. The summed E-state index contributed by atoms with van der Waals surface area (Å²) in [5.74, 6) is 1.01. The van der Waals surface area contributed by atoms with Crippen molar-refractivity contribution in [3.63, 3.8) is 0 Å². The molecule has 0 aromatic rings. The van der Waals surface area contributed by atoms with Crippen molar-refractivity contribution in [1.29, 1.82) is 0 Å². The molecule has 2 rings (SSSR count). The van der Waals surface area contributed by atoms with Crippen LogP contribution in [0.15, 0.2) is 0 Å². The van der Waals surface area contributed by atoms with Crippen molar-refractivity contribution in [3.05, 3.63) is 0 Å². The van der Waals surface area contributed by atoms with Crippen LogP contribution in [0.1, 0.15) is 47.0 Å². The van der Waals surface area contributed by atoms with Gasteiger partial charge in [-0.3, -0.25) is 4.90 Å². The predicted octanol–water partition coefficient (Wildman–Crippen LogP) is 2.49. The summed E-state index contributed by atoms with van der Waals surface area (Å²) in [6.45, 7) is 13.1. The first-order valence-corrected chi connectivity index (χ1v) is 6.98. The van der Waals surface area contributed by atoms with Gasteiger partial charge in [0.05, 0.1) is 0 Å². The summed E-state index contributed by atoms with van der Waals surface area (Å²) < 4.78 is 0. The van der Waals surface area contributed by atoms with Gasteiger partial charge >= 0.3 is 0 Å². The molecule has 1 aliphatic carbocycles. The lowest BCUT2D eigenvalue weighted by Crippen LogP contribution is -2.63. The first kappa shape index (κ1) is 12.4. The fourth-order valence-corrected chi connectivity index (χ4v) is 3.38. The standard InChI is InChI=1S/C14H28N2/c1-11(2)15-6-5-13-7-14(8-13)9-16(10-14)12(3)4/h11-13,15H,5-10H2,1-4H3. The minimum atomic E-state index is 0.647. The number of hydrogen-bond donors (Lipinski definition) is 1. The number of nitrogens with zero attached hydrogens (tertiary/aromatic N) is 1. The summed E-state index contributed by atoms with van der Waals surface area (Å²) in [4.78, 5) is 2.61. The van der Waals surface area contributed by atoms with Crippen LogP contribution in [0, 0.1) is 11.3 Å². The first-order chi connectivity index (χ1) is 7.51. The van der Waals surface area contributed by atoms with Gasteiger partial charge in [-0.1, -0.05) is 13.8 Å². The second kappa shape index (κ2) is 4.66. The van der Waals surface area contributed by atoms with E-state index in [0.29, 0.717) is 6.04 Å². The lowest BCUT2D eigenvalue weighted by Gasteiger charge is -2.60. The van der Waals surface area contributed by atoms with Crippen LogP contribution in [0.2, 0.25) is 0 Å². The minimum Gasteiger partial charge on any atom is -0.315 e. The largest absolute Gasteiger partial charge is 0.315 e. The third-order valence-electron chi connectivity index (χ3n) is 4.36. The van der Waals surface area contributed by atoms with Crippen LogP contribution in [0.4, 0.5) is 0 Å². The summed E-state index contributed by atoms with van der Waals surface area (Å²) in [6.07, 6.45) is 4.38. The van der Waals surface area contributed by atoms with Crippen molar-refractivity contribution in [2.24, 2.45) is 11.3 Å². The maximum Gasteiger partial charge on any atom is 0.00534 e. The molecule has 0 aromatic carbocycles. The van der Waals surface area contributed by atoms with Crippen molar-refractivity contribution in [2.45, 2.75) is 59.0 Å². The Balaban J connectivity index is 1.57. The highest BCUT2D eigenvalue weighted by Gasteiger charge is 2.51. The Hall–Kier alpha value is -0.0800. The fourth-order valence-electron chi connectivity index (χ4n) is 3.38. The molecule has 16 heavy (non-hydrogen) atoms. The van der Waals surface area contributed by atoms with E-state index in [1.807, 2.05) is 0 Å². The number of rotatable bonds is 5. The molecule has 0 amide bonds. The lowest BCUT2D eigenvalue weighted by atomic mass is 9.56. The van der Waals surface area contributed by atoms with E-state index in [0.717, 1.165) is 17.4 Å². The molecule has 2 heteroatoms. The zero-order chi connectivity index (χ0) is 11.8. The van der Waals surface area contributed by atoms with Gasteiger partial charge < -0.3 is 5.32 Å². The second-order valence-electron chi connectivity index (χ2n) is 6.67. The van der Waals surface area contributed by atoms with Crippen molar-refractivity contribution in [3.8, 4) is 0 Å². The van der Waals surface area contributed by atoms with E-state index in [9.17, 15) is 0 Å². The van der Waals surface area contributed by atoms with Gasteiger partial charge in [-0.2, -0.15) is 0 Å². The molecular formula is C14H28N2. The number of hydrogen-bond acceptors (Lipinski definition) is 2. The molecule has 2 aliphatic rings. The van der Waals surface area contributed by atoms with Gasteiger partial charge in [0.2, 0.25) is 0 Å². The third kappa shape index (κ3) is 2.60. The summed E-state index contributed by atoms with van der Waals surface area (Å²) >= 11 is 0. The Kier molecular flexibility index (Phi) is 3.60. The predicted molar refractivity (Wildman–Crippen MR) is 69.6 cm³/mol. The molecule has 1 N–H and O–H groups in total. The van der Waals surface area contributed by atoms with Crippen molar-refractivity contribution < 1.29 is 0 Å². The lowest BCUT2D eigenvalue weighted by molar-refractivity contribution is -0.108. The molecule has 1 heterocycles. The zero-order valence-electron chi connectivity index (χ0n) is 11.4. The Morgan fingerprint density at radius 2 is 1.81 bits per heavy atom. The molecule has 1 saturated heterocycles. The Bertz CT molecular complexity index is 221. The van der Waals surface area contributed by atoms with Crippen molar-refractivity contribution in [2.75, 3.05) is 19.6 Å². The number of likely N-dealkylation sites (tertiary alicyclic amines) is 1. The van der Waals surface area contributed by atoms with Gasteiger partial charge in [0.15, 0.2) is 0 Å². The minimum absolute atomic E-state index is 0.647. The van der Waals surface area contributed by atoms with E-state index >= 15 is 0 Å². The second-order valence-corrected chi connectivity index (χ2v) is 6.67. The van der Waals surface area contributed by atoms with Crippen LogP contribution in [-0.4, -0.2) is 36.6 Å². The van der Waals surface area contributed by atoms with Crippen molar-refractivity contribution >= 4 is 0 Å². The number of nitrogens with one attached hydrogen (secondary N) is 1. The first-order valence-electron chi connectivity index (χ1n) is 6.98. The average molecular weight is 224 g/mol. The molecule has 0 bridgehead atoms. The fraction of sp³-hybridized carbons (Fsp3) is 1.00. The van der Waals surface area contributed by atoms with Crippen LogP contribution < -0.4 is 5.32 Å². The third-order valence-corrected chi connectivity index (χ3v) is 4.36. The summed E-state index contributed by atoms with van der Waals surface area (Å²) in [5, 5.41) is 3.52. The molecule has 2 fully saturated rings. The Labute approximate surface area is 101 Å². The highest BCUT2D eigenvalue weighted by molar-refractivity contribution is 5.04. The van der Waals surface area contributed by atoms with Gasteiger partial charge in [0.1, 0.15) is 0 Å². The van der Waals surface area contributed by atoms with E-state index in [-0.39, 0.29) is 0 Å². The van der Waals surface area contributed by atoms with E-state index < -0.39 is 0 Å². The molecule has 0 radical (unpaired) electrons. The average Bonchev–Trinajstić information content (AvgIpc) is 2.03. The van der Waals surface area contributed by atoms with Crippen LogP contribution in [-0.2, 0) is 0 Å². The molecule has 1 saturated carbocycles. The Morgan fingerprint density at radius 1 is 1.19 bits per heavy atom. The normalized spacial score (nSPS) is 25.1. The monoisotopic (exact) mass is 224 g/mol.